The molecule has 0 aromatic heterocycles. The Labute approximate surface area is 200 Å². The van der Waals surface area contributed by atoms with Crippen LogP contribution in [0, 0.1) is 0 Å². The van der Waals surface area contributed by atoms with E-state index in [0.717, 1.165) is 25.7 Å². The molecule has 0 aliphatic carbocycles. The molecule has 0 bridgehead atoms. The monoisotopic (exact) mass is 457 g/mol. The molecule has 0 radical (unpaired) electrons. The van der Waals surface area contributed by atoms with Crippen molar-refractivity contribution in [3.8, 4) is 0 Å². The van der Waals surface area contributed by atoms with Crippen LogP contribution in [0.25, 0.3) is 0 Å². The molecule has 6 heteroatoms. The summed E-state index contributed by atoms with van der Waals surface area (Å²) in [6.07, 6.45) is 5.72. The Morgan fingerprint density at radius 1 is 0.588 bits per heavy atom. The van der Waals surface area contributed by atoms with Gasteiger partial charge in [-0.25, -0.2) is 0 Å². The van der Waals surface area contributed by atoms with E-state index < -0.39 is 5.91 Å². The number of amides is 3. The van der Waals surface area contributed by atoms with E-state index >= 15 is 0 Å². The van der Waals surface area contributed by atoms with Crippen molar-refractivity contribution in [2.24, 2.45) is 0 Å². The first-order valence-electron chi connectivity index (χ1n) is 11.7. The number of benzene rings is 3. The molecule has 34 heavy (non-hydrogen) atoms. The average molecular weight is 458 g/mol. The minimum atomic E-state index is -0.404. The normalized spacial score (nSPS) is 10.4. The zero-order valence-electron chi connectivity index (χ0n) is 19.5. The van der Waals surface area contributed by atoms with E-state index in [1.165, 1.54) is 6.42 Å². The lowest BCUT2D eigenvalue weighted by atomic mass is 10.1. The SMILES string of the molecule is CCCCCCCC(=O)Nc1ccccc1C(=O)Nc1ccccc1C(=O)Nc1ccccc1. The quantitative estimate of drug-likeness (QED) is 0.288. The molecular weight excluding hydrogens is 426 g/mol. The topological polar surface area (TPSA) is 87.3 Å². The molecule has 3 rings (SSSR count). The van der Waals surface area contributed by atoms with E-state index in [1.807, 2.05) is 18.2 Å². The standard InChI is InChI=1S/C28H31N3O3/c1-2-3-4-5-9-20-26(32)30-24-18-12-10-16-22(24)28(34)31-25-19-13-11-17-23(25)27(33)29-21-14-7-6-8-15-21/h6-8,10-19H,2-5,9,20H2,1H3,(H,29,33)(H,30,32)(H,31,34). The third-order valence-corrected chi connectivity index (χ3v) is 5.40. The summed E-state index contributed by atoms with van der Waals surface area (Å²) >= 11 is 0. The molecule has 3 aromatic carbocycles. The van der Waals surface area contributed by atoms with Crippen molar-refractivity contribution < 1.29 is 14.4 Å². The molecule has 176 valence electrons. The van der Waals surface area contributed by atoms with Crippen molar-refractivity contribution in [2.75, 3.05) is 16.0 Å². The van der Waals surface area contributed by atoms with Crippen molar-refractivity contribution >= 4 is 34.8 Å². The van der Waals surface area contributed by atoms with Gasteiger partial charge >= 0.3 is 0 Å². The summed E-state index contributed by atoms with van der Waals surface area (Å²) in [6.45, 7) is 2.16. The first-order chi connectivity index (χ1) is 16.6. The van der Waals surface area contributed by atoms with E-state index in [0.29, 0.717) is 34.6 Å². The first-order valence-corrected chi connectivity index (χ1v) is 11.7. The van der Waals surface area contributed by atoms with Gasteiger partial charge in [0.15, 0.2) is 0 Å². The number of anilines is 3. The molecular formula is C28H31N3O3. The minimum absolute atomic E-state index is 0.112. The summed E-state index contributed by atoms with van der Waals surface area (Å²) in [4.78, 5) is 38.3. The van der Waals surface area contributed by atoms with Crippen LogP contribution in [-0.2, 0) is 4.79 Å². The number of para-hydroxylation sites is 3. The Bertz CT molecular complexity index is 1110. The molecule has 0 atom stereocenters. The summed E-state index contributed by atoms with van der Waals surface area (Å²) in [5, 5.41) is 8.52. The smallest absolute Gasteiger partial charge is 0.257 e. The average Bonchev–Trinajstić information content (AvgIpc) is 2.85. The Morgan fingerprint density at radius 2 is 1.12 bits per heavy atom. The summed E-state index contributed by atoms with van der Waals surface area (Å²) in [5.41, 5.74) is 2.17. The van der Waals surface area contributed by atoms with Gasteiger partial charge in [-0.15, -0.1) is 0 Å². The van der Waals surface area contributed by atoms with Crippen LogP contribution in [0.2, 0.25) is 0 Å². The van der Waals surface area contributed by atoms with Crippen molar-refractivity contribution in [2.45, 2.75) is 45.4 Å². The molecule has 0 heterocycles. The second kappa shape index (κ2) is 12.9. The molecule has 0 fully saturated rings. The highest BCUT2D eigenvalue weighted by molar-refractivity contribution is 6.14. The van der Waals surface area contributed by atoms with E-state index in [4.69, 9.17) is 0 Å². The van der Waals surface area contributed by atoms with Crippen LogP contribution in [0.3, 0.4) is 0 Å². The minimum Gasteiger partial charge on any atom is -0.325 e. The Kier molecular flexibility index (Phi) is 9.40. The number of carbonyl (C=O) groups is 3. The number of unbranched alkanes of at least 4 members (excludes halogenated alkanes) is 4. The van der Waals surface area contributed by atoms with Crippen LogP contribution >= 0.6 is 0 Å². The maximum atomic E-state index is 13.1. The Hall–Kier alpha value is -3.93. The van der Waals surface area contributed by atoms with Crippen LogP contribution in [0.15, 0.2) is 78.9 Å². The number of rotatable bonds is 11. The molecule has 0 aliphatic rings. The van der Waals surface area contributed by atoms with Crippen LogP contribution in [0.4, 0.5) is 17.1 Å². The first kappa shape index (κ1) is 24.7. The van der Waals surface area contributed by atoms with Crippen molar-refractivity contribution in [3.05, 3.63) is 90.0 Å². The highest BCUT2D eigenvalue weighted by Gasteiger charge is 2.17. The summed E-state index contributed by atoms with van der Waals surface area (Å²) < 4.78 is 0. The lowest BCUT2D eigenvalue weighted by Gasteiger charge is -2.14. The maximum absolute atomic E-state index is 13.1. The molecule has 6 nitrogen and oxygen atoms in total. The Balaban J connectivity index is 1.67. The molecule has 0 unspecified atom stereocenters. The number of nitrogens with one attached hydrogen (secondary N) is 3. The van der Waals surface area contributed by atoms with Gasteiger partial charge in [0.1, 0.15) is 0 Å². The van der Waals surface area contributed by atoms with Crippen LogP contribution in [-0.4, -0.2) is 17.7 Å². The van der Waals surface area contributed by atoms with Gasteiger partial charge in [0, 0.05) is 12.1 Å². The molecule has 3 N–H and O–H groups in total. The molecule has 3 amide bonds. The third kappa shape index (κ3) is 7.30. The Morgan fingerprint density at radius 3 is 1.76 bits per heavy atom. The predicted molar refractivity (Wildman–Crippen MR) is 137 cm³/mol. The fraction of sp³-hybridized carbons (Fsp3) is 0.250. The second-order valence-corrected chi connectivity index (χ2v) is 8.08. The zero-order valence-corrected chi connectivity index (χ0v) is 19.5. The molecule has 0 spiro atoms. The summed E-state index contributed by atoms with van der Waals surface area (Å²) in [6, 6.07) is 22.8. The zero-order chi connectivity index (χ0) is 24.2. The fourth-order valence-corrected chi connectivity index (χ4v) is 3.59. The largest absolute Gasteiger partial charge is 0.325 e. The van der Waals surface area contributed by atoms with Gasteiger partial charge in [-0.05, 0) is 42.8 Å². The van der Waals surface area contributed by atoms with Crippen molar-refractivity contribution in [1.82, 2.24) is 0 Å². The summed E-state index contributed by atoms with van der Waals surface area (Å²) in [7, 11) is 0. The van der Waals surface area contributed by atoms with Crippen LogP contribution in [0.5, 0.6) is 0 Å². The van der Waals surface area contributed by atoms with Crippen molar-refractivity contribution in [3.63, 3.8) is 0 Å². The third-order valence-electron chi connectivity index (χ3n) is 5.40. The van der Waals surface area contributed by atoms with E-state index in [1.54, 1.807) is 60.7 Å². The lowest BCUT2D eigenvalue weighted by molar-refractivity contribution is -0.116. The van der Waals surface area contributed by atoms with Crippen LogP contribution in [0.1, 0.15) is 66.2 Å². The highest BCUT2D eigenvalue weighted by Crippen LogP contribution is 2.21. The lowest BCUT2D eigenvalue weighted by Crippen LogP contribution is -2.20. The van der Waals surface area contributed by atoms with Gasteiger partial charge < -0.3 is 16.0 Å². The number of carbonyl (C=O) groups excluding carboxylic acids is 3. The van der Waals surface area contributed by atoms with E-state index in [2.05, 4.69) is 22.9 Å². The summed E-state index contributed by atoms with van der Waals surface area (Å²) in [5.74, 6) is -0.843. The van der Waals surface area contributed by atoms with E-state index in [9.17, 15) is 14.4 Å². The molecule has 0 aliphatic heterocycles. The fourth-order valence-electron chi connectivity index (χ4n) is 3.59. The van der Waals surface area contributed by atoms with E-state index in [-0.39, 0.29) is 11.8 Å². The maximum Gasteiger partial charge on any atom is 0.257 e. The van der Waals surface area contributed by atoms with Gasteiger partial charge in [-0.1, -0.05) is 75.1 Å². The molecule has 3 aromatic rings. The molecule has 0 saturated heterocycles. The van der Waals surface area contributed by atoms with Gasteiger partial charge in [-0.2, -0.15) is 0 Å². The van der Waals surface area contributed by atoms with Crippen molar-refractivity contribution in [1.29, 1.82) is 0 Å². The second-order valence-electron chi connectivity index (χ2n) is 8.08. The highest BCUT2D eigenvalue weighted by atomic mass is 16.2. The van der Waals surface area contributed by atoms with Gasteiger partial charge in [0.2, 0.25) is 5.91 Å². The number of hydrogen-bond acceptors (Lipinski definition) is 3. The number of hydrogen-bond donors (Lipinski definition) is 3. The molecule has 0 saturated carbocycles. The predicted octanol–water partition coefficient (Wildman–Crippen LogP) is 6.49. The van der Waals surface area contributed by atoms with Gasteiger partial charge in [0.25, 0.3) is 11.8 Å². The van der Waals surface area contributed by atoms with Gasteiger partial charge in [-0.3, -0.25) is 14.4 Å². The van der Waals surface area contributed by atoms with Gasteiger partial charge in [0.05, 0.1) is 22.5 Å². The van der Waals surface area contributed by atoms with Crippen LogP contribution < -0.4 is 16.0 Å².